The van der Waals surface area contributed by atoms with Crippen molar-refractivity contribution in [2.75, 3.05) is 39.6 Å². The number of unbranched alkanes of at least 4 members (excludes halogenated alkanes) is 8. The molecule has 0 heterocycles. The molecule has 0 aromatic heterocycles. The molecular formula is C42H62N4O10. The number of carbonyl (C=O) groups is 5. The summed E-state index contributed by atoms with van der Waals surface area (Å²) < 4.78 is 5.31. The van der Waals surface area contributed by atoms with Gasteiger partial charge in [0, 0.05) is 49.8 Å². The van der Waals surface area contributed by atoms with E-state index in [1.807, 2.05) is 20.8 Å². The third-order valence-corrected chi connectivity index (χ3v) is 11.2. The zero-order valence-electron chi connectivity index (χ0n) is 34.4. The Kier molecular flexibility index (Phi) is 14.1. The van der Waals surface area contributed by atoms with Gasteiger partial charge in [-0.2, -0.15) is 0 Å². The molecule has 56 heavy (non-hydrogen) atoms. The zero-order chi connectivity index (χ0) is 41.9. The van der Waals surface area contributed by atoms with Crippen molar-refractivity contribution in [3.63, 3.8) is 0 Å². The lowest BCUT2D eigenvalue weighted by Crippen LogP contribution is -2.65. The molecule has 0 aliphatic heterocycles. The highest BCUT2D eigenvalue weighted by molar-refractivity contribution is 6.24. The SMILES string of the molecule is CCCCCCCCCCCC(=O)OC(=O)N(Cc1cc(N(C)C)c2c(c1O)C(O)=C1C(=O)[C@]3(O)C(O)=C(C(N)=O)C(=O)[C@@H](N(C)C)[C@@H]3C[C@@H]1C2)CC(C)(C)C. The minimum atomic E-state index is -2.77. The monoisotopic (exact) mass is 782 g/mol. The fourth-order valence-electron chi connectivity index (χ4n) is 8.62. The van der Waals surface area contributed by atoms with Crippen LogP contribution in [-0.2, 0) is 36.9 Å². The summed E-state index contributed by atoms with van der Waals surface area (Å²) in [5, 5.41) is 47.0. The van der Waals surface area contributed by atoms with Crippen LogP contribution in [0.4, 0.5) is 10.5 Å². The number of primary amides is 1. The Balaban J connectivity index is 1.66. The first-order chi connectivity index (χ1) is 26.2. The van der Waals surface area contributed by atoms with Gasteiger partial charge in [-0.15, -0.1) is 0 Å². The second-order valence-corrected chi connectivity index (χ2v) is 17.3. The summed E-state index contributed by atoms with van der Waals surface area (Å²) in [6, 6.07) is 0.489. The maximum atomic E-state index is 14.4. The molecule has 0 spiro atoms. The highest BCUT2D eigenvalue weighted by Gasteiger charge is 2.64. The highest BCUT2D eigenvalue weighted by Crippen LogP contribution is 2.54. The zero-order valence-corrected chi connectivity index (χ0v) is 34.4. The van der Waals surface area contributed by atoms with Gasteiger partial charge in [0.2, 0.25) is 5.78 Å². The predicted octanol–water partition coefficient (Wildman–Crippen LogP) is 5.46. The first-order valence-electron chi connectivity index (χ1n) is 19.9. The molecule has 2 amide bonds. The summed E-state index contributed by atoms with van der Waals surface area (Å²) in [6.45, 7) is 7.84. The maximum Gasteiger partial charge on any atom is 0.417 e. The minimum absolute atomic E-state index is 0.0422. The van der Waals surface area contributed by atoms with Crippen molar-refractivity contribution < 1.29 is 49.1 Å². The van der Waals surface area contributed by atoms with E-state index >= 15 is 0 Å². The van der Waals surface area contributed by atoms with E-state index in [0.717, 1.165) is 19.3 Å². The number of amides is 2. The number of rotatable bonds is 16. The van der Waals surface area contributed by atoms with Crippen LogP contribution < -0.4 is 10.6 Å². The topological polar surface area (TPSA) is 211 Å². The molecule has 3 aliphatic carbocycles. The van der Waals surface area contributed by atoms with Crippen LogP contribution in [0, 0.1) is 17.3 Å². The molecule has 14 nitrogen and oxygen atoms in total. The molecular weight excluding hydrogens is 720 g/mol. The van der Waals surface area contributed by atoms with E-state index in [1.54, 1.807) is 39.2 Å². The number of nitrogens with zero attached hydrogens (tertiary/aromatic N) is 3. The number of benzene rings is 1. The number of anilines is 1. The molecule has 0 radical (unpaired) electrons. The Morgan fingerprint density at radius 1 is 0.946 bits per heavy atom. The standard InChI is InChI=1S/C42H62N4O10/c1-9-10-11-12-13-14-15-16-17-18-29(47)56-40(54)46(23-41(2,3)4)22-25-21-28(44(5)6)26-19-24-20-27-33(45(7)8)36(50)32(39(43)53)38(52)42(27,55)37(51)30(24)35(49)31(26)34(25)48/h21,24,27,33,48-49,52,55H,9-20,22-23H2,1-8H3,(H2,43,53)/t24-,27-,33-,42-/m0/s1. The molecule has 3 aliphatic rings. The lowest BCUT2D eigenvalue weighted by molar-refractivity contribution is -0.153. The molecule has 0 bridgehead atoms. The van der Waals surface area contributed by atoms with Gasteiger partial charge in [-0.3, -0.25) is 24.1 Å². The van der Waals surface area contributed by atoms with E-state index in [2.05, 4.69) is 6.92 Å². The van der Waals surface area contributed by atoms with Gasteiger partial charge in [-0.1, -0.05) is 79.1 Å². The molecule has 6 N–H and O–H groups in total. The van der Waals surface area contributed by atoms with Crippen molar-refractivity contribution in [2.24, 2.45) is 23.0 Å². The van der Waals surface area contributed by atoms with Gasteiger partial charge in [-0.05, 0) is 56.3 Å². The van der Waals surface area contributed by atoms with E-state index in [0.29, 0.717) is 17.7 Å². The number of ether oxygens (including phenoxy) is 1. The molecule has 0 unspecified atom stereocenters. The number of esters is 1. The van der Waals surface area contributed by atoms with Gasteiger partial charge in [0.05, 0.1) is 18.2 Å². The second-order valence-electron chi connectivity index (χ2n) is 17.3. The average Bonchev–Trinajstić information content (AvgIpc) is 3.08. The first-order valence-corrected chi connectivity index (χ1v) is 19.9. The van der Waals surface area contributed by atoms with Crippen LogP contribution in [0.2, 0.25) is 0 Å². The normalized spacial score (nSPS) is 22.1. The Morgan fingerprint density at radius 3 is 2.07 bits per heavy atom. The van der Waals surface area contributed by atoms with E-state index in [1.165, 1.54) is 41.9 Å². The van der Waals surface area contributed by atoms with E-state index in [-0.39, 0.29) is 49.1 Å². The number of nitrogens with two attached hydrogens (primary N) is 1. The number of aliphatic hydroxyl groups is 3. The molecule has 1 saturated carbocycles. The van der Waals surface area contributed by atoms with Crippen LogP contribution in [0.3, 0.4) is 0 Å². The number of hydrogen-bond acceptors (Lipinski definition) is 12. The van der Waals surface area contributed by atoms with Crippen molar-refractivity contribution in [1.82, 2.24) is 9.80 Å². The van der Waals surface area contributed by atoms with Crippen LogP contribution in [0.15, 0.2) is 23.0 Å². The van der Waals surface area contributed by atoms with Gasteiger partial charge >= 0.3 is 12.1 Å². The third-order valence-electron chi connectivity index (χ3n) is 11.2. The number of hydrogen-bond donors (Lipinski definition) is 5. The first kappa shape index (κ1) is 44.3. The molecule has 4 atom stereocenters. The summed E-state index contributed by atoms with van der Waals surface area (Å²) >= 11 is 0. The van der Waals surface area contributed by atoms with Crippen molar-refractivity contribution in [2.45, 2.75) is 123 Å². The molecule has 1 fully saturated rings. The van der Waals surface area contributed by atoms with Crippen molar-refractivity contribution in [3.8, 4) is 5.75 Å². The average molecular weight is 783 g/mol. The Hall–Kier alpha value is -4.43. The fraction of sp³-hybridized carbons (Fsp3) is 0.643. The van der Waals surface area contributed by atoms with Crippen molar-refractivity contribution in [1.29, 1.82) is 0 Å². The number of carbonyl (C=O) groups excluding carboxylic acids is 5. The number of phenols is 1. The Labute approximate surface area is 330 Å². The van der Waals surface area contributed by atoms with Crippen LogP contribution >= 0.6 is 0 Å². The number of Topliss-reactive ketones (excluding diaryl/α,β-unsaturated/α-hetero) is 2. The van der Waals surface area contributed by atoms with E-state index in [9.17, 15) is 44.4 Å². The number of fused-ring (bicyclic) bond motifs is 3. The molecule has 1 aromatic carbocycles. The van der Waals surface area contributed by atoms with Gasteiger partial charge in [0.25, 0.3) is 5.91 Å². The quantitative estimate of drug-likeness (QED) is 0.0613. The summed E-state index contributed by atoms with van der Waals surface area (Å²) in [5.74, 6) is -8.05. The molecule has 310 valence electrons. The smallest absolute Gasteiger partial charge is 0.417 e. The number of ketones is 2. The van der Waals surface area contributed by atoms with Crippen molar-refractivity contribution >= 4 is 41.0 Å². The van der Waals surface area contributed by atoms with Gasteiger partial charge in [0.1, 0.15) is 22.8 Å². The summed E-state index contributed by atoms with van der Waals surface area (Å²) in [4.78, 5) is 71.0. The Bertz CT molecular complexity index is 1770. The number of aromatic hydroxyl groups is 1. The molecule has 14 heteroatoms. The molecule has 4 rings (SSSR count). The summed E-state index contributed by atoms with van der Waals surface area (Å²) in [6.07, 6.45) is 8.93. The van der Waals surface area contributed by atoms with Gasteiger partial charge in [-0.25, -0.2) is 4.79 Å². The lowest BCUT2D eigenvalue weighted by Gasteiger charge is -2.50. The van der Waals surface area contributed by atoms with E-state index in [4.69, 9.17) is 10.5 Å². The Morgan fingerprint density at radius 2 is 1.54 bits per heavy atom. The minimum Gasteiger partial charge on any atom is -0.508 e. The van der Waals surface area contributed by atoms with Crippen LogP contribution in [0.5, 0.6) is 5.75 Å². The number of likely N-dealkylation sites (N-methyl/N-ethyl adjacent to an activating group) is 1. The maximum absolute atomic E-state index is 14.4. The molecule has 1 aromatic rings. The predicted molar refractivity (Wildman–Crippen MR) is 212 cm³/mol. The number of aliphatic hydroxyl groups excluding tert-OH is 2. The van der Waals surface area contributed by atoms with Gasteiger partial charge < -0.3 is 40.7 Å². The molecule has 0 saturated heterocycles. The number of phenolic OH excluding ortho intramolecular Hbond substituents is 1. The lowest BCUT2D eigenvalue weighted by atomic mass is 9.57. The summed E-state index contributed by atoms with van der Waals surface area (Å²) in [7, 11) is 6.62. The van der Waals surface area contributed by atoms with Crippen LogP contribution in [0.1, 0.15) is 115 Å². The van der Waals surface area contributed by atoms with Gasteiger partial charge in [0.15, 0.2) is 11.4 Å². The summed E-state index contributed by atoms with van der Waals surface area (Å²) in [5.41, 5.74) is 2.23. The van der Waals surface area contributed by atoms with Crippen LogP contribution in [-0.4, -0.2) is 106 Å². The third kappa shape index (κ3) is 9.07. The van der Waals surface area contributed by atoms with Crippen molar-refractivity contribution in [3.05, 3.63) is 39.7 Å². The second kappa shape index (κ2) is 17.8. The highest BCUT2D eigenvalue weighted by atomic mass is 16.6. The van der Waals surface area contributed by atoms with Crippen LogP contribution in [0.25, 0.3) is 5.76 Å². The fourth-order valence-corrected chi connectivity index (χ4v) is 8.62. The largest absolute Gasteiger partial charge is 0.508 e. The van der Waals surface area contributed by atoms with E-state index < -0.39 is 81.3 Å².